The van der Waals surface area contributed by atoms with Crippen molar-refractivity contribution in [3.8, 4) is 11.3 Å². The predicted octanol–water partition coefficient (Wildman–Crippen LogP) is 1.94. The lowest BCUT2D eigenvalue weighted by Gasteiger charge is -2.34. The second kappa shape index (κ2) is 8.84. The van der Waals surface area contributed by atoms with Gasteiger partial charge in [0, 0.05) is 38.6 Å². The number of amides is 1. The van der Waals surface area contributed by atoms with Crippen LogP contribution in [0.5, 0.6) is 0 Å². The van der Waals surface area contributed by atoms with Crippen LogP contribution in [0.15, 0.2) is 36.4 Å². The van der Waals surface area contributed by atoms with Crippen molar-refractivity contribution >= 4 is 5.91 Å². The van der Waals surface area contributed by atoms with Gasteiger partial charge in [-0.25, -0.2) is 4.68 Å². The number of likely N-dealkylation sites (tertiary alicyclic amines) is 1. The van der Waals surface area contributed by atoms with Gasteiger partial charge in [0.05, 0.1) is 18.7 Å². The fourth-order valence-electron chi connectivity index (χ4n) is 4.55. The van der Waals surface area contributed by atoms with Gasteiger partial charge in [-0.15, -0.1) is 5.10 Å². The predicted molar refractivity (Wildman–Crippen MR) is 121 cm³/mol. The third-order valence-electron chi connectivity index (χ3n) is 6.68. The molecule has 1 unspecified atom stereocenters. The summed E-state index contributed by atoms with van der Waals surface area (Å²) in [6.45, 7) is 4.26. The number of carbonyl (C=O) groups is 1. The Morgan fingerprint density at radius 1 is 1.25 bits per heavy atom. The van der Waals surface area contributed by atoms with E-state index in [9.17, 15) is 4.79 Å². The van der Waals surface area contributed by atoms with Gasteiger partial charge < -0.3 is 14.2 Å². The molecule has 1 aliphatic rings. The molecule has 4 rings (SSSR count). The van der Waals surface area contributed by atoms with Gasteiger partial charge in [0.15, 0.2) is 5.82 Å². The van der Waals surface area contributed by atoms with Crippen molar-refractivity contribution in [3.63, 3.8) is 0 Å². The third kappa shape index (κ3) is 3.71. The maximum Gasteiger partial charge on any atom is 0.255 e. The summed E-state index contributed by atoms with van der Waals surface area (Å²) in [6, 6.07) is 12.2. The molecule has 0 N–H and O–H groups in total. The molecule has 0 radical (unpaired) electrons. The van der Waals surface area contributed by atoms with E-state index in [0.717, 1.165) is 34.8 Å². The molecular weight excluding hydrogens is 406 g/mol. The summed E-state index contributed by atoms with van der Waals surface area (Å²) in [5.41, 5.74) is 3.38. The minimum atomic E-state index is -0.447. The Labute approximate surface area is 188 Å². The smallest absolute Gasteiger partial charge is 0.255 e. The van der Waals surface area contributed by atoms with E-state index in [4.69, 9.17) is 4.74 Å². The number of nitrogens with zero attached hydrogens (tertiary/aromatic N) is 7. The molecule has 1 aromatic carbocycles. The largest absolute Gasteiger partial charge is 0.383 e. The van der Waals surface area contributed by atoms with Crippen LogP contribution in [0.25, 0.3) is 11.3 Å². The zero-order chi connectivity index (χ0) is 22.9. The highest BCUT2D eigenvalue weighted by molar-refractivity contribution is 5.97. The lowest BCUT2D eigenvalue weighted by Crippen LogP contribution is -2.47. The molecule has 0 spiro atoms. The lowest BCUT2D eigenvalue weighted by atomic mass is 9.96. The summed E-state index contributed by atoms with van der Waals surface area (Å²) in [7, 11) is 7.70. The van der Waals surface area contributed by atoms with Crippen LogP contribution in [0.3, 0.4) is 0 Å². The van der Waals surface area contributed by atoms with Gasteiger partial charge >= 0.3 is 0 Å². The Kier molecular flexibility index (Phi) is 6.12. The molecule has 1 saturated heterocycles. The number of aromatic nitrogens is 5. The van der Waals surface area contributed by atoms with Crippen molar-refractivity contribution < 1.29 is 9.53 Å². The van der Waals surface area contributed by atoms with E-state index in [1.807, 2.05) is 57.2 Å². The van der Waals surface area contributed by atoms with Crippen LogP contribution in [0, 0.1) is 6.92 Å². The first-order chi connectivity index (χ1) is 15.4. The molecule has 9 nitrogen and oxygen atoms in total. The van der Waals surface area contributed by atoms with Crippen LogP contribution in [-0.4, -0.2) is 81.4 Å². The lowest BCUT2D eigenvalue weighted by molar-refractivity contribution is 0.0736. The number of hydrogen-bond acceptors (Lipinski definition) is 6. The first-order valence-electron chi connectivity index (χ1n) is 10.8. The molecule has 0 aliphatic carbocycles. The third-order valence-corrected chi connectivity index (χ3v) is 6.68. The Morgan fingerprint density at radius 2 is 2.00 bits per heavy atom. The molecule has 1 fully saturated rings. The van der Waals surface area contributed by atoms with E-state index < -0.39 is 5.54 Å². The topological polar surface area (TPSA) is 81.3 Å². The van der Waals surface area contributed by atoms with Gasteiger partial charge in [0.25, 0.3) is 5.91 Å². The van der Waals surface area contributed by atoms with Gasteiger partial charge in [-0.1, -0.05) is 30.3 Å². The van der Waals surface area contributed by atoms with Crippen LogP contribution in [0.2, 0.25) is 0 Å². The number of likely N-dealkylation sites (N-methyl/N-ethyl adjacent to an activating group) is 1. The first kappa shape index (κ1) is 22.2. The van der Waals surface area contributed by atoms with E-state index in [2.05, 4.69) is 37.1 Å². The molecule has 170 valence electrons. The van der Waals surface area contributed by atoms with Crippen molar-refractivity contribution in [2.75, 3.05) is 40.9 Å². The second-order valence-electron chi connectivity index (χ2n) is 8.57. The molecule has 0 saturated carbocycles. The molecule has 0 bridgehead atoms. The van der Waals surface area contributed by atoms with Crippen LogP contribution in [-0.2, 0) is 23.9 Å². The van der Waals surface area contributed by atoms with Gasteiger partial charge in [-0.2, -0.15) is 0 Å². The molecule has 32 heavy (non-hydrogen) atoms. The van der Waals surface area contributed by atoms with Crippen molar-refractivity contribution in [2.45, 2.75) is 25.4 Å². The van der Waals surface area contributed by atoms with Crippen molar-refractivity contribution in [1.29, 1.82) is 0 Å². The highest BCUT2D eigenvalue weighted by Crippen LogP contribution is 2.36. The van der Waals surface area contributed by atoms with Crippen molar-refractivity contribution in [1.82, 2.24) is 34.6 Å². The van der Waals surface area contributed by atoms with Crippen LogP contribution < -0.4 is 0 Å². The summed E-state index contributed by atoms with van der Waals surface area (Å²) < 4.78 is 9.09. The standard InChI is InChI=1S/C23H31N7O2/c1-17-19(15-20(28(17)4)18-9-7-6-8-10-18)21(31)29-12-11-23(16-29,27(2)3)22-24-25-26-30(22)13-14-32-5/h6-10,15H,11-14,16H2,1-5H3. The zero-order valence-electron chi connectivity index (χ0n) is 19.4. The van der Waals surface area contributed by atoms with Crippen molar-refractivity contribution in [3.05, 3.63) is 53.5 Å². The summed E-state index contributed by atoms with van der Waals surface area (Å²) >= 11 is 0. The van der Waals surface area contributed by atoms with Crippen molar-refractivity contribution in [2.24, 2.45) is 7.05 Å². The Morgan fingerprint density at radius 3 is 2.69 bits per heavy atom. The first-order valence-corrected chi connectivity index (χ1v) is 10.8. The van der Waals surface area contributed by atoms with E-state index >= 15 is 0 Å². The number of benzene rings is 1. The molecule has 3 aromatic rings. The Hall–Kier alpha value is -3.04. The Balaban J connectivity index is 1.63. The zero-order valence-corrected chi connectivity index (χ0v) is 19.4. The van der Waals surface area contributed by atoms with E-state index in [-0.39, 0.29) is 5.91 Å². The molecule has 1 amide bonds. The highest BCUT2D eigenvalue weighted by Gasteiger charge is 2.47. The number of tetrazole rings is 1. The SMILES string of the molecule is COCCn1nnnc1C1(N(C)C)CCN(C(=O)c2cc(-c3ccccc3)n(C)c2C)C1. The van der Waals surface area contributed by atoms with Gasteiger partial charge in [0.2, 0.25) is 0 Å². The molecule has 3 heterocycles. The molecule has 2 aromatic heterocycles. The second-order valence-corrected chi connectivity index (χ2v) is 8.57. The molecule has 1 atom stereocenters. The minimum absolute atomic E-state index is 0.0416. The minimum Gasteiger partial charge on any atom is -0.383 e. The number of carbonyl (C=O) groups excluding carboxylic acids is 1. The van der Waals surface area contributed by atoms with Crippen LogP contribution in [0.4, 0.5) is 0 Å². The number of rotatable bonds is 7. The average Bonchev–Trinajstić information content (AvgIpc) is 3.51. The normalized spacial score (nSPS) is 18.6. The monoisotopic (exact) mass is 437 g/mol. The Bertz CT molecular complexity index is 1090. The van der Waals surface area contributed by atoms with Gasteiger partial charge in [-0.3, -0.25) is 9.69 Å². The van der Waals surface area contributed by atoms with Crippen LogP contribution >= 0.6 is 0 Å². The highest BCUT2D eigenvalue weighted by atomic mass is 16.5. The maximum atomic E-state index is 13.6. The van der Waals surface area contributed by atoms with Gasteiger partial charge in [0.1, 0.15) is 5.54 Å². The van der Waals surface area contributed by atoms with E-state index in [1.54, 1.807) is 11.8 Å². The molecule has 9 heteroatoms. The summed E-state index contributed by atoms with van der Waals surface area (Å²) in [4.78, 5) is 17.7. The van der Waals surface area contributed by atoms with Gasteiger partial charge in [-0.05, 0) is 49.5 Å². The van der Waals surface area contributed by atoms with E-state index in [0.29, 0.717) is 26.2 Å². The fraction of sp³-hybridized carbons (Fsp3) is 0.478. The number of hydrogen-bond donors (Lipinski definition) is 0. The number of ether oxygens (including phenoxy) is 1. The summed E-state index contributed by atoms with van der Waals surface area (Å²) in [5.74, 6) is 0.810. The molecule has 1 aliphatic heterocycles. The van der Waals surface area contributed by atoms with Crippen LogP contribution in [0.1, 0.15) is 28.3 Å². The average molecular weight is 438 g/mol. The summed E-state index contributed by atoms with van der Waals surface area (Å²) in [6.07, 6.45) is 0.760. The molecular formula is C23H31N7O2. The quantitative estimate of drug-likeness (QED) is 0.562. The maximum absolute atomic E-state index is 13.6. The summed E-state index contributed by atoms with van der Waals surface area (Å²) in [5, 5.41) is 12.4. The van der Waals surface area contributed by atoms with E-state index in [1.165, 1.54) is 0 Å². The fourth-order valence-corrected chi connectivity index (χ4v) is 4.55. The number of methoxy groups -OCH3 is 1.